The normalized spacial score (nSPS) is 39.6. The second kappa shape index (κ2) is 11.7. The number of ether oxygens (including phenoxy) is 5. The lowest BCUT2D eigenvalue weighted by atomic mass is 9.46. The second-order valence-corrected chi connectivity index (χ2v) is 14.6. The van der Waals surface area contributed by atoms with Crippen molar-refractivity contribution < 1.29 is 57.6 Å². The lowest BCUT2D eigenvalue weighted by Crippen LogP contribution is -2.76. The predicted octanol–water partition coefficient (Wildman–Crippen LogP) is 3.21. The van der Waals surface area contributed by atoms with Crippen LogP contribution in [0, 0.1) is 39.9 Å². The SMILES string of the molecule is CC(=O)OC[C@@]12C[C@H]3C(=O)C(C)(C)C[C@H]3[C@]1(C)[C@@H](OC(C)=O)[C@]1(O)[C@H]([C@@H](OC(=O)c3ccccc3)[C@@H](C)[C@H]1OC(C)=O)[C@H]2OC(C)=O. The minimum Gasteiger partial charge on any atom is -0.465 e. The number of hydrogen-bond donors (Lipinski definition) is 1. The first kappa shape index (κ1) is 34.5. The fourth-order valence-electron chi connectivity index (χ4n) is 9.74. The van der Waals surface area contributed by atoms with Gasteiger partial charge in [-0.05, 0) is 30.9 Å². The monoisotopic (exact) mass is 656 g/mol. The number of carbonyl (C=O) groups is 6. The van der Waals surface area contributed by atoms with Gasteiger partial charge >= 0.3 is 29.8 Å². The third-order valence-electron chi connectivity index (χ3n) is 11.5. The van der Waals surface area contributed by atoms with Gasteiger partial charge in [-0.15, -0.1) is 0 Å². The maximum absolute atomic E-state index is 14.0. The summed E-state index contributed by atoms with van der Waals surface area (Å²) in [5.74, 6) is -7.13. The van der Waals surface area contributed by atoms with Crippen LogP contribution in [0.15, 0.2) is 30.3 Å². The van der Waals surface area contributed by atoms with E-state index in [2.05, 4.69) is 0 Å². The maximum atomic E-state index is 14.0. The second-order valence-electron chi connectivity index (χ2n) is 14.6. The van der Waals surface area contributed by atoms with Crippen LogP contribution in [0.1, 0.15) is 78.6 Å². The molecule has 0 radical (unpaired) electrons. The molecule has 0 heterocycles. The Hall–Kier alpha value is -3.80. The Morgan fingerprint density at radius 1 is 0.809 bits per heavy atom. The summed E-state index contributed by atoms with van der Waals surface area (Å²) in [4.78, 5) is 78.5. The molecule has 0 amide bonds. The summed E-state index contributed by atoms with van der Waals surface area (Å²) in [6, 6.07) is 8.14. The van der Waals surface area contributed by atoms with Crippen molar-refractivity contribution in [2.75, 3.05) is 6.61 Å². The van der Waals surface area contributed by atoms with Crippen LogP contribution in [0.2, 0.25) is 0 Å². The number of hydrogen-bond acceptors (Lipinski definition) is 12. The van der Waals surface area contributed by atoms with Gasteiger partial charge in [0.2, 0.25) is 0 Å². The van der Waals surface area contributed by atoms with Crippen LogP contribution in [-0.4, -0.2) is 77.4 Å². The number of aliphatic hydroxyl groups is 1. The predicted molar refractivity (Wildman–Crippen MR) is 162 cm³/mol. The summed E-state index contributed by atoms with van der Waals surface area (Å²) in [6.07, 6.45) is -5.10. The average molecular weight is 657 g/mol. The molecule has 12 nitrogen and oxygen atoms in total. The Balaban J connectivity index is 1.81. The van der Waals surface area contributed by atoms with Crippen molar-refractivity contribution >= 4 is 35.6 Å². The van der Waals surface area contributed by atoms with Crippen LogP contribution in [0.5, 0.6) is 0 Å². The van der Waals surface area contributed by atoms with Gasteiger partial charge in [0, 0.05) is 50.4 Å². The van der Waals surface area contributed by atoms with E-state index in [0.29, 0.717) is 6.42 Å². The van der Waals surface area contributed by atoms with Gasteiger partial charge in [-0.25, -0.2) is 4.79 Å². The van der Waals surface area contributed by atoms with Gasteiger partial charge in [0.1, 0.15) is 42.4 Å². The smallest absolute Gasteiger partial charge is 0.338 e. The quantitative estimate of drug-likeness (QED) is 0.337. The minimum atomic E-state index is -2.29. The molecule has 11 atom stereocenters. The van der Waals surface area contributed by atoms with E-state index >= 15 is 0 Å². The van der Waals surface area contributed by atoms with E-state index in [-0.39, 0.29) is 24.4 Å². The molecule has 0 aromatic heterocycles. The molecule has 0 aliphatic heterocycles. The first-order chi connectivity index (χ1) is 21.8. The first-order valence-electron chi connectivity index (χ1n) is 16.0. The van der Waals surface area contributed by atoms with Crippen molar-refractivity contribution in [3.05, 3.63) is 35.9 Å². The molecule has 12 heteroatoms. The van der Waals surface area contributed by atoms with Crippen molar-refractivity contribution in [2.45, 2.75) is 98.2 Å². The molecule has 256 valence electrons. The van der Waals surface area contributed by atoms with Crippen molar-refractivity contribution in [1.29, 1.82) is 0 Å². The molecule has 1 aromatic carbocycles. The highest BCUT2D eigenvalue weighted by molar-refractivity contribution is 5.90. The Bertz CT molecular complexity index is 1490. The van der Waals surface area contributed by atoms with Gasteiger partial charge in [0.05, 0.1) is 16.9 Å². The number of Topliss-reactive ketones (excluding diaryl/α,β-unsaturated/α-hetero) is 1. The largest absolute Gasteiger partial charge is 0.465 e. The molecule has 4 aliphatic carbocycles. The minimum absolute atomic E-state index is 0.0578. The topological polar surface area (TPSA) is 169 Å². The molecule has 0 bridgehead atoms. The van der Waals surface area contributed by atoms with Crippen molar-refractivity contribution in [2.24, 2.45) is 39.9 Å². The van der Waals surface area contributed by atoms with Gasteiger partial charge in [-0.2, -0.15) is 0 Å². The number of carbonyl (C=O) groups excluding carboxylic acids is 6. The highest BCUT2D eigenvalue weighted by atomic mass is 16.6. The Morgan fingerprint density at radius 3 is 1.94 bits per heavy atom. The van der Waals surface area contributed by atoms with E-state index in [9.17, 15) is 33.9 Å². The molecule has 1 N–H and O–H groups in total. The van der Waals surface area contributed by atoms with Crippen LogP contribution in [0.3, 0.4) is 0 Å². The number of benzene rings is 1. The van der Waals surface area contributed by atoms with Crippen LogP contribution < -0.4 is 0 Å². The summed E-state index contributed by atoms with van der Waals surface area (Å²) in [5, 5.41) is 13.2. The van der Waals surface area contributed by atoms with Gasteiger partial charge in [-0.1, -0.05) is 45.9 Å². The Labute approximate surface area is 273 Å². The Morgan fingerprint density at radius 2 is 1.38 bits per heavy atom. The zero-order chi connectivity index (χ0) is 34.9. The number of fused-ring (bicyclic) bond motifs is 4. The highest BCUT2D eigenvalue weighted by Crippen LogP contribution is 2.75. The van der Waals surface area contributed by atoms with Crippen molar-refractivity contribution in [3.63, 3.8) is 0 Å². The zero-order valence-electron chi connectivity index (χ0n) is 28.1. The van der Waals surface area contributed by atoms with Gasteiger partial charge in [0.25, 0.3) is 0 Å². The molecule has 4 aliphatic rings. The molecule has 47 heavy (non-hydrogen) atoms. The third kappa shape index (κ3) is 5.14. The summed E-state index contributed by atoms with van der Waals surface area (Å²) in [5.41, 5.74) is -5.65. The third-order valence-corrected chi connectivity index (χ3v) is 11.5. The number of esters is 5. The van der Waals surface area contributed by atoms with E-state index in [4.69, 9.17) is 23.7 Å². The fraction of sp³-hybridized carbons (Fsp3) is 0.657. The summed E-state index contributed by atoms with van der Waals surface area (Å²) < 4.78 is 29.9. The van der Waals surface area contributed by atoms with Crippen LogP contribution in [0.25, 0.3) is 0 Å². The summed E-state index contributed by atoms with van der Waals surface area (Å²) in [7, 11) is 0. The molecule has 0 unspecified atom stereocenters. The maximum Gasteiger partial charge on any atom is 0.338 e. The molecule has 5 rings (SSSR count). The van der Waals surface area contributed by atoms with Gasteiger partial charge in [-0.3, -0.25) is 24.0 Å². The molecule has 0 saturated heterocycles. The zero-order valence-corrected chi connectivity index (χ0v) is 28.1. The van der Waals surface area contributed by atoms with Crippen molar-refractivity contribution in [1.82, 2.24) is 0 Å². The summed E-state index contributed by atoms with van der Waals surface area (Å²) >= 11 is 0. The van der Waals surface area contributed by atoms with E-state index in [0.717, 1.165) is 6.92 Å². The lowest BCUT2D eigenvalue weighted by Gasteiger charge is -2.63. The fourth-order valence-corrected chi connectivity index (χ4v) is 9.74. The van der Waals surface area contributed by atoms with Crippen LogP contribution in [0.4, 0.5) is 0 Å². The molecular weight excluding hydrogens is 612 g/mol. The van der Waals surface area contributed by atoms with E-state index in [1.54, 1.807) is 44.2 Å². The van der Waals surface area contributed by atoms with Crippen LogP contribution in [-0.2, 0) is 47.7 Å². The number of rotatable bonds is 7. The first-order valence-corrected chi connectivity index (χ1v) is 16.0. The molecule has 4 fully saturated rings. The Kier molecular flexibility index (Phi) is 8.61. The molecular formula is C35H44O12. The molecule has 4 saturated carbocycles. The van der Waals surface area contributed by atoms with Crippen molar-refractivity contribution in [3.8, 4) is 0 Å². The van der Waals surface area contributed by atoms with E-state index in [1.165, 1.54) is 20.8 Å². The molecule has 0 spiro atoms. The van der Waals surface area contributed by atoms with Gasteiger partial charge in [0.15, 0.2) is 0 Å². The van der Waals surface area contributed by atoms with E-state index in [1.807, 2.05) is 13.8 Å². The number of ketones is 1. The standard InChI is InChI=1S/C35H44O12/c1-17-26(47-30(41)22-12-10-9-11-13-22)25-29(45-20(4)38)34(16-43-18(2)36)14-23-24(15-32(6,7)27(23)40)33(34,8)31(46-21(5)39)35(25,42)28(17)44-19(3)37/h9-13,17,23-26,28-29,31,42H,14-16H2,1-8H3/t17-,23-,24-,25-,26+,28-,29-,31-,33-,34-,35+/m1/s1. The molecule has 1 aromatic rings. The van der Waals surface area contributed by atoms with Gasteiger partial charge < -0.3 is 28.8 Å². The van der Waals surface area contributed by atoms with Crippen LogP contribution >= 0.6 is 0 Å². The summed E-state index contributed by atoms with van der Waals surface area (Å²) in [6.45, 7) is 11.4. The highest BCUT2D eigenvalue weighted by Gasteiger charge is 2.85. The average Bonchev–Trinajstić information content (AvgIpc) is 3.45. The lowest BCUT2D eigenvalue weighted by molar-refractivity contribution is -0.308. The van der Waals surface area contributed by atoms with E-state index < -0.39 is 99.8 Å².